The molecular formula is C21H30N6O9. The first-order valence-electron chi connectivity index (χ1n) is 10.6. The zero-order chi connectivity index (χ0) is 27.6. The average Bonchev–Trinajstić information content (AvgIpc) is 2.76. The van der Waals surface area contributed by atoms with E-state index in [1.807, 2.05) is 0 Å². The van der Waals surface area contributed by atoms with E-state index in [0.717, 1.165) is 0 Å². The van der Waals surface area contributed by atoms with Crippen molar-refractivity contribution in [1.82, 2.24) is 16.0 Å². The van der Waals surface area contributed by atoms with Gasteiger partial charge in [0.25, 0.3) is 0 Å². The molecule has 0 aliphatic heterocycles. The van der Waals surface area contributed by atoms with Crippen LogP contribution in [0.15, 0.2) is 24.3 Å². The van der Waals surface area contributed by atoms with E-state index in [9.17, 15) is 44.1 Å². The fourth-order valence-corrected chi connectivity index (χ4v) is 2.99. The first-order chi connectivity index (χ1) is 16.7. The third kappa shape index (κ3) is 9.94. The summed E-state index contributed by atoms with van der Waals surface area (Å²) >= 11 is 0. The monoisotopic (exact) mass is 510 g/mol. The maximum Gasteiger partial charge on any atom is 0.326 e. The minimum Gasteiger partial charge on any atom is -0.508 e. The molecule has 15 heteroatoms. The molecule has 36 heavy (non-hydrogen) atoms. The Balaban J connectivity index is 3.14. The molecule has 0 saturated carbocycles. The van der Waals surface area contributed by atoms with Gasteiger partial charge in [-0.2, -0.15) is 0 Å². The van der Waals surface area contributed by atoms with E-state index >= 15 is 0 Å². The molecule has 0 radical (unpaired) electrons. The van der Waals surface area contributed by atoms with Gasteiger partial charge in [-0.3, -0.25) is 24.0 Å². The highest BCUT2D eigenvalue weighted by Gasteiger charge is 2.33. The Morgan fingerprint density at radius 1 is 0.833 bits per heavy atom. The van der Waals surface area contributed by atoms with Gasteiger partial charge in [0.1, 0.15) is 23.9 Å². The van der Waals surface area contributed by atoms with Crippen molar-refractivity contribution in [2.24, 2.45) is 17.2 Å². The number of carbonyl (C=O) groups is 6. The van der Waals surface area contributed by atoms with E-state index in [0.29, 0.717) is 5.56 Å². The molecule has 15 nitrogen and oxygen atoms in total. The van der Waals surface area contributed by atoms with Gasteiger partial charge in [-0.1, -0.05) is 12.1 Å². The maximum atomic E-state index is 12.9. The number of primary amides is 2. The molecule has 0 aliphatic rings. The number of phenolic OH excluding ortho intramolecular Hbond substituents is 1. The average molecular weight is 511 g/mol. The molecular weight excluding hydrogens is 480 g/mol. The summed E-state index contributed by atoms with van der Waals surface area (Å²) in [5.74, 6) is -6.50. The first kappa shape index (κ1) is 29.8. The number of hydrogen-bond donors (Lipinski definition) is 9. The number of phenols is 1. The number of aromatic hydroxyl groups is 1. The van der Waals surface area contributed by atoms with Crippen molar-refractivity contribution < 1.29 is 44.1 Å². The van der Waals surface area contributed by atoms with Crippen LogP contribution in [0, 0.1) is 0 Å². The van der Waals surface area contributed by atoms with Crippen molar-refractivity contribution >= 4 is 35.5 Å². The van der Waals surface area contributed by atoms with Crippen LogP contribution < -0.4 is 33.2 Å². The number of hydrogen-bond acceptors (Lipinski definition) is 9. The number of carboxylic acids is 1. The summed E-state index contributed by atoms with van der Waals surface area (Å²) in [6.45, 7) is 1.17. The summed E-state index contributed by atoms with van der Waals surface area (Å²) in [6, 6.07) is -0.642. The summed E-state index contributed by atoms with van der Waals surface area (Å²) < 4.78 is 0. The fourth-order valence-electron chi connectivity index (χ4n) is 2.99. The summed E-state index contributed by atoms with van der Waals surface area (Å²) in [7, 11) is 0. The van der Waals surface area contributed by atoms with Gasteiger partial charge in [-0.05, 0) is 24.6 Å². The van der Waals surface area contributed by atoms with E-state index in [4.69, 9.17) is 17.2 Å². The predicted molar refractivity (Wildman–Crippen MR) is 123 cm³/mol. The zero-order valence-corrected chi connectivity index (χ0v) is 19.3. The van der Waals surface area contributed by atoms with E-state index in [1.165, 1.54) is 31.2 Å². The first-order valence-corrected chi connectivity index (χ1v) is 10.6. The lowest BCUT2D eigenvalue weighted by atomic mass is 10.0. The maximum absolute atomic E-state index is 12.9. The van der Waals surface area contributed by atoms with Gasteiger partial charge in [0.15, 0.2) is 0 Å². The van der Waals surface area contributed by atoms with E-state index in [2.05, 4.69) is 16.0 Å². The molecule has 5 atom stereocenters. The smallest absolute Gasteiger partial charge is 0.326 e. The normalized spacial score (nSPS) is 14.9. The summed E-state index contributed by atoms with van der Waals surface area (Å²) in [5.41, 5.74) is 16.0. The summed E-state index contributed by atoms with van der Waals surface area (Å²) in [6.07, 6.45) is -2.93. The van der Waals surface area contributed by atoms with Crippen molar-refractivity contribution in [3.05, 3.63) is 29.8 Å². The van der Waals surface area contributed by atoms with E-state index < -0.39 is 78.6 Å². The number of rotatable bonds is 14. The number of aliphatic hydroxyl groups excluding tert-OH is 1. The second-order valence-electron chi connectivity index (χ2n) is 8.01. The third-order valence-electron chi connectivity index (χ3n) is 4.85. The van der Waals surface area contributed by atoms with Crippen LogP contribution in [0.2, 0.25) is 0 Å². The van der Waals surface area contributed by atoms with Gasteiger partial charge in [-0.25, -0.2) is 4.79 Å². The molecule has 0 saturated heterocycles. The number of benzene rings is 1. The van der Waals surface area contributed by atoms with Crippen LogP contribution in [0.1, 0.15) is 25.3 Å². The summed E-state index contributed by atoms with van der Waals surface area (Å²) in [4.78, 5) is 71.5. The molecule has 0 bridgehead atoms. The lowest BCUT2D eigenvalue weighted by Crippen LogP contribution is -2.60. The molecule has 0 heterocycles. The molecule has 1 aromatic carbocycles. The van der Waals surface area contributed by atoms with Crippen LogP contribution in [-0.4, -0.2) is 81.1 Å². The van der Waals surface area contributed by atoms with E-state index in [1.54, 1.807) is 0 Å². The topological polar surface area (TPSA) is 277 Å². The molecule has 1 aromatic rings. The molecule has 12 N–H and O–H groups in total. The fraction of sp³-hybridized carbons (Fsp3) is 0.429. The van der Waals surface area contributed by atoms with Gasteiger partial charge in [0, 0.05) is 6.42 Å². The lowest BCUT2D eigenvalue weighted by molar-refractivity contribution is -0.143. The van der Waals surface area contributed by atoms with Gasteiger partial charge in [-0.15, -0.1) is 0 Å². The molecule has 198 valence electrons. The van der Waals surface area contributed by atoms with Crippen molar-refractivity contribution in [3.8, 4) is 5.75 Å². The molecule has 0 aromatic heterocycles. The number of nitrogens with two attached hydrogens (primary N) is 3. The molecule has 0 aliphatic carbocycles. The Bertz CT molecular complexity index is 983. The molecule has 5 amide bonds. The second-order valence-corrected chi connectivity index (χ2v) is 8.01. The number of nitrogens with one attached hydrogen (secondary N) is 3. The van der Waals surface area contributed by atoms with Gasteiger partial charge < -0.3 is 48.5 Å². The van der Waals surface area contributed by atoms with Crippen LogP contribution in [0.25, 0.3) is 0 Å². The van der Waals surface area contributed by atoms with Crippen molar-refractivity contribution in [2.75, 3.05) is 0 Å². The van der Waals surface area contributed by atoms with Crippen LogP contribution in [0.4, 0.5) is 0 Å². The van der Waals surface area contributed by atoms with Gasteiger partial charge in [0.05, 0.1) is 25.0 Å². The predicted octanol–water partition coefficient (Wildman–Crippen LogP) is -4.07. The number of carboxylic acid groups (broad SMARTS) is 1. The molecule has 0 fully saturated rings. The highest BCUT2D eigenvalue weighted by atomic mass is 16.4. The Labute approximate surface area is 205 Å². The minimum atomic E-state index is -1.69. The van der Waals surface area contributed by atoms with Crippen molar-refractivity contribution in [1.29, 1.82) is 0 Å². The van der Waals surface area contributed by atoms with Crippen LogP contribution in [0.3, 0.4) is 0 Å². The van der Waals surface area contributed by atoms with Crippen LogP contribution in [-0.2, 0) is 35.2 Å². The lowest BCUT2D eigenvalue weighted by Gasteiger charge is -2.26. The van der Waals surface area contributed by atoms with Crippen LogP contribution >= 0.6 is 0 Å². The Hall–Kier alpha value is -4.24. The quantitative estimate of drug-likeness (QED) is 0.117. The minimum absolute atomic E-state index is 0.0691. The van der Waals surface area contributed by atoms with Gasteiger partial charge >= 0.3 is 5.97 Å². The molecule has 1 rings (SSSR count). The largest absolute Gasteiger partial charge is 0.508 e. The number of aliphatic carboxylic acids is 1. The Morgan fingerprint density at radius 2 is 1.36 bits per heavy atom. The van der Waals surface area contributed by atoms with Crippen molar-refractivity contribution in [2.45, 2.75) is 56.5 Å². The number of carbonyl (C=O) groups excluding carboxylic acids is 5. The highest BCUT2D eigenvalue weighted by Crippen LogP contribution is 2.12. The van der Waals surface area contributed by atoms with Crippen LogP contribution in [0.5, 0.6) is 5.75 Å². The third-order valence-corrected chi connectivity index (χ3v) is 4.85. The Morgan fingerprint density at radius 3 is 1.83 bits per heavy atom. The number of amides is 5. The van der Waals surface area contributed by atoms with E-state index in [-0.39, 0.29) is 12.2 Å². The highest BCUT2D eigenvalue weighted by molar-refractivity contribution is 5.96. The summed E-state index contributed by atoms with van der Waals surface area (Å²) in [5, 5.41) is 35.3. The number of aliphatic hydroxyl groups is 1. The molecule has 5 unspecified atom stereocenters. The van der Waals surface area contributed by atoms with Gasteiger partial charge in [0.2, 0.25) is 29.5 Å². The second kappa shape index (κ2) is 13.6. The zero-order valence-electron chi connectivity index (χ0n) is 19.3. The Kier molecular flexibility index (Phi) is 11.3. The standard InChI is InChI=1S/C21H30N6O9/c1-9(28)17(27-18(32)12(22)7-15(23)30)20(34)25-13(6-10-2-4-11(29)5-3-10)19(33)26-14(21(35)36)8-16(24)31/h2-5,9,12-14,17,28-29H,6-8,22H2,1H3,(H2,23,30)(H2,24,31)(H,25,34)(H,26,33)(H,27,32)(H,35,36). The molecule has 0 spiro atoms. The SMILES string of the molecule is CC(O)C(NC(=O)C(N)CC(N)=O)C(=O)NC(Cc1ccc(O)cc1)C(=O)NC(CC(N)=O)C(=O)O. The van der Waals surface area contributed by atoms with Crippen molar-refractivity contribution in [3.63, 3.8) is 0 Å².